The summed E-state index contributed by atoms with van der Waals surface area (Å²) in [4.78, 5) is 11.1. The van der Waals surface area contributed by atoms with Gasteiger partial charge in [-0.25, -0.2) is 4.79 Å². The monoisotopic (exact) mass is 186 g/mol. The van der Waals surface area contributed by atoms with Crippen LogP contribution in [0, 0.1) is 0 Å². The second-order valence-corrected chi connectivity index (χ2v) is 3.42. The highest BCUT2D eigenvalue weighted by Crippen LogP contribution is 2.16. The predicted molar refractivity (Wildman–Crippen MR) is 50.4 cm³/mol. The molecule has 1 rings (SSSR count). The first-order valence-corrected chi connectivity index (χ1v) is 4.93. The van der Waals surface area contributed by atoms with E-state index >= 15 is 0 Å². The summed E-state index contributed by atoms with van der Waals surface area (Å²) in [6, 6.07) is 0.200. The van der Waals surface area contributed by atoms with Crippen LogP contribution in [0.1, 0.15) is 32.6 Å². The molecule has 0 aromatic rings. The van der Waals surface area contributed by atoms with Crippen molar-refractivity contribution in [3.63, 3.8) is 0 Å². The number of carbonyl (C=O) groups is 1. The van der Waals surface area contributed by atoms with E-state index < -0.39 is 0 Å². The molecule has 0 aromatic carbocycles. The highest BCUT2D eigenvalue weighted by atomic mass is 16.5. The quantitative estimate of drug-likeness (QED) is 0.676. The predicted octanol–water partition coefficient (Wildman–Crippen LogP) is 1.00. The first-order chi connectivity index (χ1) is 6.24. The molecule has 0 heterocycles. The Balaban J connectivity index is 2.29. The average molecular weight is 186 g/mol. The van der Waals surface area contributed by atoms with E-state index in [1.807, 2.05) is 0 Å². The fourth-order valence-corrected chi connectivity index (χ4v) is 1.66. The van der Waals surface area contributed by atoms with Crippen molar-refractivity contribution in [3.05, 3.63) is 0 Å². The number of ether oxygens (including phenoxy) is 1. The van der Waals surface area contributed by atoms with E-state index in [0.717, 1.165) is 19.3 Å². The number of nitrogens with two attached hydrogens (primary N) is 1. The van der Waals surface area contributed by atoms with Gasteiger partial charge in [0.2, 0.25) is 0 Å². The van der Waals surface area contributed by atoms with Gasteiger partial charge in [0, 0.05) is 12.1 Å². The molecule has 0 aliphatic heterocycles. The van der Waals surface area contributed by atoms with Crippen LogP contribution in [-0.4, -0.2) is 24.8 Å². The minimum Gasteiger partial charge on any atom is -0.450 e. The number of nitrogens with one attached hydrogen (secondary N) is 1. The van der Waals surface area contributed by atoms with Gasteiger partial charge in [-0.2, -0.15) is 0 Å². The van der Waals surface area contributed by atoms with Crippen LogP contribution in [0.3, 0.4) is 0 Å². The Labute approximate surface area is 78.8 Å². The lowest BCUT2D eigenvalue weighted by Crippen LogP contribution is -2.49. The van der Waals surface area contributed by atoms with E-state index in [4.69, 9.17) is 10.5 Å². The SMILES string of the molecule is CCOC(=O)N[C@H]1CCCC[C@@H]1N. The Bertz CT molecular complexity index is 173. The number of hydrogen-bond acceptors (Lipinski definition) is 3. The molecule has 0 unspecified atom stereocenters. The minimum atomic E-state index is -0.343. The third-order valence-electron chi connectivity index (χ3n) is 2.40. The van der Waals surface area contributed by atoms with Gasteiger partial charge >= 0.3 is 6.09 Å². The summed E-state index contributed by atoms with van der Waals surface area (Å²) >= 11 is 0. The molecule has 0 bridgehead atoms. The molecule has 4 heteroatoms. The lowest BCUT2D eigenvalue weighted by molar-refractivity contribution is 0.143. The Kier molecular flexibility index (Phi) is 4.02. The smallest absolute Gasteiger partial charge is 0.407 e. The lowest BCUT2D eigenvalue weighted by atomic mass is 9.91. The van der Waals surface area contributed by atoms with Gasteiger partial charge in [-0.15, -0.1) is 0 Å². The van der Waals surface area contributed by atoms with Crippen LogP contribution in [0.4, 0.5) is 4.79 Å². The van der Waals surface area contributed by atoms with E-state index in [1.165, 1.54) is 6.42 Å². The Morgan fingerprint density at radius 2 is 2.23 bits per heavy atom. The van der Waals surface area contributed by atoms with Gasteiger partial charge in [0.1, 0.15) is 0 Å². The molecular formula is C9H18N2O2. The third kappa shape index (κ3) is 3.22. The van der Waals surface area contributed by atoms with Gasteiger partial charge < -0.3 is 15.8 Å². The number of rotatable bonds is 2. The standard InChI is InChI=1S/C9H18N2O2/c1-2-13-9(12)11-8-6-4-3-5-7(8)10/h7-8H,2-6,10H2,1H3,(H,11,12)/t7-,8-/m0/s1. The van der Waals surface area contributed by atoms with E-state index in [9.17, 15) is 4.79 Å². The third-order valence-corrected chi connectivity index (χ3v) is 2.40. The maximum Gasteiger partial charge on any atom is 0.407 e. The fourth-order valence-electron chi connectivity index (χ4n) is 1.66. The van der Waals surface area contributed by atoms with Gasteiger partial charge in [0.05, 0.1) is 6.61 Å². The lowest BCUT2D eigenvalue weighted by Gasteiger charge is -2.28. The first-order valence-electron chi connectivity index (χ1n) is 4.93. The molecule has 0 aromatic heterocycles. The van der Waals surface area contributed by atoms with E-state index in [0.29, 0.717) is 6.61 Å². The van der Waals surface area contributed by atoms with Gasteiger partial charge in [0.15, 0.2) is 0 Å². The molecular weight excluding hydrogens is 168 g/mol. The number of alkyl carbamates (subject to hydrolysis) is 1. The van der Waals surface area contributed by atoms with Crippen LogP contribution in [0.2, 0.25) is 0 Å². The summed E-state index contributed by atoms with van der Waals surface area (Å²) in [5.74, 6) is 0. The molecule has 1 fully saturated rings. The molecule has 4 nitrogen and oxygen atoms in total. The number of carbonyl (C=O) groups excluding carboxylic acids is 1. The fraction of sp³-hybridized carbons (Fsp3) is 0.889. The highest BCUT2D eigenvalue weighted by Gasteiger charge is 2.23. The first kappa shape index (κ1) is 10.3. The molecule has 0 radical (unpaired) electrons. The van der Waals surface area contributed by atoms with Gasteiger partial charge in [-0.3, -0.25) is 0 Å². The zero-order valence-electron chi connectivity index (χ0n) is 8.08. The van der Waals surface area contributed by atoms with Gasteiger partial charge in [0.25, 0.3) is 0 Å². The van der Waals surface area contributed by atoms with Gasteiger partial charge in [-0.1, -0.05) is 12.8 Å². The van der Waals surface area contributed by atoms with Crippen molar-refractivity contribution in [3.8, 4) is 0 Å². The zero-order chi connectivity index (χ0) is 9.68. The van der Waals surface area contributed by atoms with Crippen LogP contribution < -0.4 is 11.1 Å². The van der Waals surface area contributed by atoms with Crippen LogP contribution in [-0.2, 0) is 4.74 Å². The Morgan fingerprint density at radius 3 is 2.85 bits per heavy atom. The minimum absolute atomic E-state index is 0.0955. The summed E-state index contributed by atoms with van der Waals surface area (Å²) in [6.45, 7) is 2.20. The maximum absolute atomic E-state index is 11.1. The van der Waals surface area contributed by atoms with E-state index in [-0.39, 0.29) is 18.2 Å². The average Bonchev–Trinajstić information content (AvgIpc) is 2.09. The highest BCUT2D eigenvalue weighted by molar-refractivity contribution is 5.67. The van der Waals surface area contributed by atoms with Crippen molar-refractivity contribution in [1.29, 1.82) is 0 Å². The van der Waals surface area contributed by atoms with Crippen molar-refractivity contribution in [2.45, 2.75) is 44.7 Å². The summed E-state index contributed by atoms with van der Waals surface area (Å²) in [6.07, 6.45) is 3.94. The second kappa shape index (κ2) is 5.07. The molecule has 1 saturated carbocycles. The molecule has 2 atom stereocenters. The number of amides is 1. The molecule has 76 valence electrons. The number of hydrogen-bond donors (Lipinski definition) is 2. The van der Waals surface area contributed by atoms with Gasteiger partial charge in [-0.05, 0) is 19.8 Å². The zero-order valence-corrected chi connectivity index (χ0v) is 8.08. The van der Waals surface area contributed by atoms with Crippen LogP contribution in [0.15, 0.2) is 0 Å². The van der Waals surface area contributed by atoms with Crippen LogP contribution >= 0.6 is 0 Å². The molecule has 0 spiro atoms. The molecule has 1 amide bonds. The summed E-state index contributed by atoms with van der Waals surface area (Å²) in [7, 11) is 0. The molecule has 1 aliphatic rings. The van der Waals surface area contributed by atoms with E-state index in [1.54, 1.807) is 6.92 Å². The molecule has 3 N–H and O–H groups in total. The largest absolute Gasteiger partial charge is 0.450 e. The topological polar surface area (TPSA) is 64.3 Å². The van der Waals surface area contributed by atoms with Crippen molar-refractivity contribution in [1.82, 2.24) is 5.32 Å². The van der Waals surface area contributed by atoms with Crippen molar-refractivity contribution in [2.24, 2.45) is 5.73 Å². The normalized spacial score (nSPS) is 28.2. The Hall–Kier alpha value is -0.770. The maximum atomic E-state index is 11.1. The molecule has 1 aliphatic carbocycles. The van der Waals surface area contributed by atoms with E-state index in [2.05, 4.69) is 5.32 Å². The van der Waals surface area contributed by atoms with Crippen molar-refractivity contribution >= 4 is 6.09 Å². The molecule has 13 heavy (non-hydrogen) atoms. The van der Waals surface area contributed by atoms with Crippen LogP contribution in [0.25, 0.3) is 0 Å². The Morgan fingerprint density at radius 1 is 1.54 bits per heavy atom. The van der Waals surface area contributed by atoms with Crippen molar-refractivity contribution in [2.75, 3.05) is 6.61 Å². The molecule has 0 saturated heterocycles. The summed E-state index contributed by atoms with van der Waals surface area (Å²) in [5.41, 5.74) is 5.85. The summed E-state index contributed by atoms with van der Waals surface area (Å²) in [5, 5.41) is 2.78. The van der Waals surface area contributed by atoms with Crippen molar-refractivity contribution < 1.29 is 9.53 Å². The van der Waals surface area contributed by atoms with Crippen LogP contribution in [0.5, 0.6) is 0 Å². The second-order valence-electron chi connectivity index (χ2n) is 3.42. The summed E-state index contributed by atoms with van der Waals surface area (Å²) < 4.78 is 4.79.